The lowest BCUT2D eigenvalue weighted by Gasteiger charge is -2.05. The van der Waals surface area contributed by atoms with Gasteiger partial charge in [0.2, 0.25) is 0 Å². The Kier molecular flexibility index (Phi) is 1.34. The van der Waals surface area contributed by atoms with Crippen molar-refractivity contribution >= 4 is 5.97 Å². The molecule has 1 fully saturated rings. The molecule has 0 bridgehead atoms. The molecular formula is C11H9FO2. The Hall–Kier alpha value is -1.38. The van der Waals surface area contributed by atoms with Crippen molar-refractivity contribution in [3.05, 3.63) is 35.1 Å². The van der Waals surface area contributed by atoms with Gasteiger partial charge in [0, 0.05) is 5.92 Å². The third kappa shape index (κ3) is 0.820. The van der Waals surface area contributed by atoms with Gasteiger partial charge in [-0.1, -0.05) is 12.1 Å². The molecule has 1 aromatic carbocycles. The first kappa shape index (κ1) is 7.97. The summed E-state index contributed by atoms with van der Waals surface area (Å²) in [5.74, 6) is -0.948. The molecule has 0 heterocycles. The molecule has 72 valence electrons. The Labute approximate surface area is 80.4 Å². The molecule has 3 atom stereocenters. The van der Waals surface area contributed by atoms with Crippen LogP contribution in [0, 0.1) is 17.7 Å². The van der Waals surface area contributed by atoms with E-state index in [1.807, 2.05) is 6.07 Å². The molecule has 0 aromatic heterocycles. The van der Waals surface area contributed by atoms with Crippen LogP contribution in [0.5, 0.6) is 0 Å². The second-order valence-corrected chi connectivity index (χ2v) is 4.07. The van der Waals surface area contributed by atoms with E-state index in [2.05, 4.69) is 0 Å². The van der Waals surface area contributed by atoms with Crippen molar-refractivity contribution in [2.45, 2.75) is 12.3 Å². The fourth-order valence-electron chi connectivity index (χ4n) is 2.73. The van der Waals surface area contributed by atoms with E-state index in [0.29, 0.717) is 6.42 Å². The summed E-state index contributed by atoms with van der Waals surface area (Å²) in [6.07, 6.45) is 0.601. The minimum atomic E-state index is -0.741. The number of fused-ring (bicyclic) bond motifs is 3. The third-order valence-corrected chi connectivity index (χ3v) is 3.41. The summed E-state index contributed by atoms with van der Waals surface area (Å²) in [5.41, 5.74) is 1.66. The van der Waals surface area contributed by atoms with Gasteiger partial charge >= 0.3 is 5.97 Å². The van der Waals surface area contributed by atoms with Crippen LogP contribution in [0.25, 0.3) is 0 Å². The van der Waals surface area contributed by atoms with Crippen molar-refractivity contribution in [2.24, 2.45) is 11.8 Å². The maximum atomic E-state index is 13.3. The maximum absolute atomic E-state index is 13.3. The van der Waals surface area contributed by atoms with Crippen LogP contribution in [0.15, 0.2) is 18.2 Å². The van der Waals surface area contributed by atoms with Crippen molar-refractivity contribution in [3.8, 4) is 0 Å². The SMILES string of the molecule is O=C(O)[C@@H]1[C@H]2Cc3c(F)cccc3[C@@H]21. The Morgan fingerprint density at radius 1 is 1.50 bits per heavy atom. The van der Waals surface area contributed by atoms with Gasteiger partial charge in [-0.2, -0.15) is 0 Å². The molecule has 0 saturated heterocycles. The van der Waals surface area contributed by atoms with Crippen LogP contribution in [0.3, 0.4) is 0 Å². The normalized spacial score (nSPS) is 32.2. The number of benzene rings is 1. The first-order valence-corrected chi connectivity index (χ1v) is 4.70. The lowest BCUT2D eigenvalue weighted by atomic mass is 10.0. The number of carboxylic acids is 1. The van der Waals surface area contributed by atoms with Gasteiger partial charge in [0.15, 0.2) is 0 Å². The topological polar surface area (TPSA) is 37.3 Å². The summed E-state index contributed by atoms with van der Waals surface area (Å²) in [6, 6.07) is 4.96. The summed E-state index contributed by atoms with van der Waals surface area (Å²) in [7, 11) is 0. The van der Waals surface area contributed by atoms with Crippen molar-refractivity contribution in [1.82, 2.24) is 0 Å². The second kappa shape index (κ2) is 2.35. The van der Waals surface area contributed by atoms with E-state index in [1.54, 1.807) is 6.07 Å². The molecule has 2 nitrogen and oxygen atoms in total. The highest BCUT2D eigenvalue weighted by Gasteiger charge is 2.60. The highest BCUT2D eigenvalue weighted by atomic mass is 19.1. The number of aliphatic carboxylic acids is 1. The zero-order chi connectivity index (χ0) is 9.87. The van der Waals surface area contributed by atoms with Crippen LogP contribution in [0.1, 0.15) is 17.0 Å². The molecule has 3 rings (SSSR count). The monoisotopic (exact) mass is 192 g/mol. The molecule has 0 aliphatic heterocycles. The van der Waals surface area contributed by atoms with Gasteiger partial charge in [0.25, 0.3) is 0 Å². The standard InChI is InChI=1S/C11H9FO2/c12-8-3-1-2-5-6(8)4-7-9(5)10(7)11(13)14/h1-3,7,9-10H,4H2,(H,13,14)/t7-,9-,10+/m0/s1. The van der Waals surface area contributed by atoms with Crippen LogP contribution in [0.4, 0.5) is 4.39 Å². The number of hydrogen-bond acceptors (Lipinski definition) is 1. The number of hydrogen-bond donors (Lipinski definition) is 1. The minimum Gasteiger partial charge on any atom is -0.481 e. The minimum absolute atomic E-state index is 0.0817. The number of halogens is 1. The number of carboxylic acid groups (broad SMARTS) is 1. The predicted molar refractivity (Wildman–Crippen MR) is 47.5 cm³/mol. The molecule has 2 aliphatic carbocycles. The quantitative estimate of drug-likeness (QED) is 0.736. The van der Waals surface area contributed by atoms with Crippen molar-refractivity contribution in [1.29, 1.82) is 0 Å². The van der Waals surface area contributed by atoms with Crippen molar-refractivity contribution < 1.29 is 14.3 Å². The number of carbonyl (C=O) groups is 1. The molecule has 1 saturated carbocycles. The summed E-state index contributed by atoms with van der Waals surface area (Å²) in [6.45, 7) is 0. The van der Waals surface area contributed by atoms with Crippen LogP contribution >= 0.6 is 0 Å². The maximum Gasteiger partial charge on any atom is 0.307 e. The average molecular weight is 192 g/mol. The van der Waals surface area contributed by atoms with E-state index < -0.39 is 5.97 Å². The third-order valence-electron chi connectivity index (χ3n) is 3.41. The highest BCUT2D eigenvalue weighted by Crippen LogP contribution is 2.61. The Balaban J connectivity index is 2.03. The molecule has 0 spiro atoms. The van der Waals surface area contributed by atoms with E-state index in [9.17, 15) is 9.18 Å². The van der Waals surface area contributed by atoms with Gasteiger partial charge in [0.1, 0.15) is 5.82 Å². The van der Waals surface area contributed by atoms with E-state index in [4.69, 9.17) is 5.11 Å². The summed E-state index contributed by atoms with van der Waals surface area (Å²) in [4.78, 5) is 10.8. The first-order chi connectivity index (χ1) is 6.70. The first-order valence-electron chi connectivity index (χ1n) is 4.70. The summed E-state index contributed by atoms with van der Waals surface area (Å²) in [5, 5.41) is 8.86. The lowest BCUT2D eigenvalue weighted by Crippen LogP contribution is -2.06. The molecule has 0 unspecified atom stereocenters. The van der Waals surface area contributed by atoms with Gasteiger partial charge in [-0.15, -0.1) is 0 Å². The Morgan fingerprint density at radius 3 is 3.00 bits per heavy atom. The van der Waals surface area contributed by atoms with Gasteiger partial charge in [-0.25, -0.2) is 4.39 Å². The summed E-state index contributed by atoms with van der Waals surface area (Å²) < 4.78 is 13.3. The highest BCUT2D eigenvalue weighted by molar-refractivity contribution is 5.77. The van der Waals surface area contributed by atoms with Gasteiger partial charge in [-0.05, 0) is 29.5 Å². The van der Waals surface area contributed by atoms with Crippen LogP contribution in [-0.2, 0) is 11.2 Å². The zero-order valence-corrected chi connectivity index (χ0v) is 7.40. The molecule has 14 heavy (non-hydrogen) atoms. The molecule has 3 heteroatoms. The van der Waals surface area contributed by atoms with E-state index in [1.165, 1.54) is 6.07 Å². The lowest BCUT2D eigenvalue weighted by molar-refractivity contribution is -0.139. The predicted octanol–water partition coefficient (Wildman–Crippen LogP) is 1.80. The van der Waals surface area contributed by atoms with Crippen LogP contribution < -0.4 is 0 Å². The largest absolute Gasteiger partial charge is 0.481 e. The van der Waals surface area contributed by atoms with Gasteiger partial charge < -0.3 is 5.11 Å². The van der Waals surface area contributed by atoms with Gasteiger partial charge in [0.05, 0.1) is 5.92 Å². The zero-order valence-electron chi connectivity index (χ0n) is 7.40. The smallest absolute Gasteiger partial charge is 0.307 e. The second-order valence-electron chi connectivity index (χ2n) is 4.07. The molecular weight excluding hydrogens is 183 g/mol. The van der Waals surface area contributed by atoms with Gasteiger partial charge in [-0.3, -0.25) is 4.79 Å². The van der Waals surface area contributed by atoms with Crippen LogP contribution in [-0.4, -0.2) is 11.1 Å². The molecule has 0 radical (unpaired) electrons. The summed E-state index contributed by atoms with van der Waals surface area (Å²) >= 11 is 0. The molecule has 2 aliphatic rings. The molecule has 1 N–H and O–H groups in total. The van der Waals surface area contributed by atoms with E-state index in [-0.39, 0.29) is 23.6 Å². The van der Waals surface area contributed by atoms with E-state index >= 15 is 0 Å². The van der Waals surface area contributed by atoms with Crippen LogP contribution in [0.2, 0.25) is 0 Å². The fourth-order valence-corrected chi connectivity index (χ4v) is 2.73. The van der Waals surface area contributed by atoms with Crippen molar-refractivity contribution in [2.75, 3.05) is 0 Å². The Bertz CT molecular complexity index is 427. The number of rotatable bonds is 1. The molecule has 1 aromatic rings. The Morgan fingerprint density at radius 2 is 2.29 bits per heavy atom. The van der Waals surface area contributed by atoms with Crippen molar-refractivity contribution in [3.63, 3.8) is 0 Å². The average Bonchev–Trinajstić information content (AvgIpc) is 2.73. The fraction of sp³-hybridized carbons (Fsp3) is 0.364. The molecule has 0 amide bonds. The van der Waals surface area contributed by atoms with E-state index in [0.717, 1.165) is 11.1 Å².